The lowest BCUT2D eigenvalue weighted by molar-refractivity contribution is 0.0663. The lowest BCUT2D eigenvalue weighted by Gasteiger charge is -2.32. The number of methoxy groups -OCH3 is 1. The van der Waals surface area contributed by atoms with Gasteiger partial charge in [0.05, 0.1) is 7.11 Å². The minimum atomic E-state index is 0.0971. The Morgan fingerprint density at radius 3 is 2.50 bits per heavy atom. The predicted octanol–water partition coefficient (Wildman–Crippen LogP) is 1.69. The molecule has 18 heavy (non-hydrogen) atoms. The van der Waals surface area contributed by atoms with Crippen LogP contribution in [0.15, 0.2) is 18.2 Å². The zero-order valence-electron chi connectivity index (χ0n) is 10.6. The van der Waals surface area contributed by atoms with Gasteiger partial charge in [-0.05, 0) is 47.8 Å². The molecule has 1 aromatic carbocycles. The molecule has 2 rings (SSSR count). The van der Waals surface area contributed by atoms with Crippen molar-refractivity contribution < 1.29 is 9.53 Å². The summed E-state index contributed by atoms with van der Waals surface area (Å²) >= 11 is 2.20. The number of hydrogen-bond donors (Lipinski definition) is 0. The summed E-state index contributed by atoms with van der Waals surface area (Å²) in [6, 6.07) is 5.63. The SMILES string of the molecule is COc1cc(I)cc(C(=O)N2CCN(C)CC2)c1. The lowest BCUT2D eigenvalue weighted by atomic mass is 10.1. The van der Waals surface area contributed by atoms with Gasteiger partial charge in [-0.1, -0.05) is 0 Å². The predicted molar refractivity (Wildman–Crippen MR) is 79.1 cm³/mol. The standard InChI is InChI=1S/C13H17IN2O2/c1-15-3-5-16(6-4-15)13(17)10-7-11(14)9-12(8-10)18-2/h7-9H,3-6H2,1-2H3. The molecule has 0 aromatic heterocycles. The maximum Gasteiger partial charge on any atom is 0.254 e. The van der Waals surface area contributed by atoms with Crippen LogP contribution in [0.3, 0.4) is 0 Å². The third-order valence-electron chi connectivity index (χ3n) is 3.14. The van der Waals surface area contributed by atoms with Crippen molar-refractivity contribution in [3.05, 3.63) is 27.3 Å². The van der Waals surface area contributed by atoms with Gasteiger partial charge in [0.15, 0.2) is 0 Å². The summed E-state index contributed by atoms with van der Waals surface area (Å²) < 4.78 is 6.22. The molecule has 0 atom stereocenters. The van der Waals surface area contributed by atoms with E-state index in [9.17, 15) is 4.79 Å². The van der Waals surface area contributed by atoms with E-state index in [1.807, 2.05) is 23.1 Å². The molecule has 98 valence electrons. The molecule has 1 amide bonds. The van der Waals surface area contributed by atoms with Gasteiger partial charge in [-0.3, -0.25) is 4.79 Å². The third-order valence-corrected chi connectivity index (χ3v) is 3.77. The van der Waals surface area contributed by atoms with Crippen LogP contribution in [-0.2, 0) is 0 Å². The summed E-state index contributed by atoms with van der Waals surface area (Å²) in [6.45, 7) is 3.46. The fraction of sp³-hybridized carbons (Fsp3) is 0.462. The second kappa shape index (κ2) is 5.88. The van der Waals surface area contributed by atoms with Crippen LogP contribution in [0.5, 0.6) is 5.75 Å². The second-order valence-corrected chi connectivity index (χ2v) is 5.72. The Morgan fingerprint density at radius 1 is 1.22 bits per heavy atom. The van der Waals surface area contributed by atoms with Gasteiger partial charge in [0.25, 0.3) is 5.91 Å². The molecular formula is C13H17IN2O2. The van der Waals surface area contributed by atoms with E-state index < -0.39 is 0 Å². The van der Waals surface area contributed by atoms with Crippen LogP contribution >= 0.6 is 22.6 Å². The van der Waals surface area contributed by atoms with Crippen molar-refractivity contribution in [2.45, 2.75) is 0 Å². The molecule has 1 heterocycles. The number of piperazine rings is 1. The zero-order chi connectivity index (χ0) is 13.1. The number of halogens is 1. The van der Waals surface area contributed by atoms with Crippen LogP contribution < -0.4 is 4.74 Å². The molecule has 1 fully saturated rings. The Balaban J connectivity index is 2.15. The third kappa shape index (κ3) is 3.14. The summed E-state index contributed by atoms with van der Waals surface area (Å²) in [6.07, 6.45) is 0. The number of amides is 1. The number of rotatable bonds is 2. The Bertz CT molecular complexity index is 443. The first-order valence-corrected chi connectivity index (χ1v) is 7.00. The fourth-order valence-corrected chi connectivity index (χ4v) is 2.64. The minimum Gasteiger partial charge on any atom is -0.497 e. The topological polar surface area (TPSA) is 32.8 Å². The van der Waals surface area contributed by atoms with Gasteiger partial charge >= 0.3 is 0 Å². The van der Waals surface area contributed by atoms with E-state index in [2.05, 4.69) is 34.5 Å². The molecule has 1 aliphatic rings. The molecule has 1 aromatic rings. The van der Waals surface area contributed by atoms with Crippen LogP contribution in [0.1, 0.15) is 10.4 Å². The van der Waals surface area contributed by atoms with E-state index in [1.165, 1.54) is 0 Å². The van der Waals surface area contributed by atoms with Crippen molar-refractivity contribution in [1.29, 1.82) is 0 Å². The highest BCUT2D eigenvalue weighted by molar-refractivity contribution is 14.1. The van der Waals surface area contributed by atoms with Gasteiger partial charge in [0, 0.05) is 35.3 Å². The van der Waals surface area contributed by atoms with Crippen molar-refractivity contribution in [2.24, 2.45) is 0 Å². The number of nitrogens with zero attached hydrogens (tertiary/aromatic N) is 2. The maximum absolute atomic E-state index is 12.4. The van der Waals surface area contributed by atoms with Crippen molar-refractivity contribution in [2.75, 3.05) is 40.3 Å². The number of carbonyl (C=O) groups excluding carboxylic acids is 1. The summed E-state index contributed by atoms with van der Waals surface area (Å²) in [7, 11) is 3.70. The van der Waals surface area contributed by atoms with Crippen molar-refractivity contribution in [3.63, 3.8) is 0 Å². The highest BCUT2D eigenvalue weighted by Gasteiger charge is 2.20. The van der Waals surface area contributed by atoms with E-state index in [-0.39, 0.29) is 5.91 Å². The van der Waals surface area contributed by atoms with Gasteiger partial charge in [-0.15, -0.1) is 0 Å². The van der Waals surface area contributed by atoms with Gasteiger partial charge in [-0.25, -0.2) is 0 Å². The summed E-state index contributed by atoms with van der Waals surface area (Å²) in [5.41, 5.74) is 0.711. The summed E-state index contributed by atoms with van der Waals surface area (Å²) in [4.78, 5) is 16.5. The first-order valence-electron chi connectivity index (χ1n) is 5.92. The van der Waals surface area contributed by atoms with Gasteiger partial charge in [0.2, 0.25) is 0 Å². The van der Waals surface area contributed by atoms with E-state index in [0.717, 1.165) is 35.5 Å². The fourth-order valence-electron chi connectivity index (χ4n) is 2.00. The number of ether oxygens (including phenoxy) is 1. The smallest absolute Gasteiger partial charge is 0.254 e. The highest BCUT2D eigenvalue weighted by atomic mass is 127. The molecular weight excluding hydrogens is 343 g/mol. The molecule has 1 aliphatic heterocycles. The molecule has 0 saturated carbocycles. The molecule has 0 N–H and O–H groups in total. The van der Waals surface area contributed by atoms with Gasteiger partial charge in [0.1, 0.15) is 5.75 Å². The van der Waals surface area contributed by atoms with E-state index in [1.54, 1.807) is 7.11 Å². The van der Waals surface area contributed by atoms with Gasteiger partial charge in [-0.2, -0.15) is 0 Å². The van der Waals surface area contributed by atoms with Crippen LogP contribution in [0.4, 0.5) is 0 Å². The number of likely N-dealkylation sites (N-methyl/N-ethyl adjacent to an activating group) is 1. The molecule has 0 radical (unpaired) electrons. The summed E-state index contributed by atoms with van der Waals surface area (Å²) in [5.74, 6) is 0.833. The average molecular weight is 360 g/mol. The maximum atomic E-state index is 12.4. The largest absolute Gasteiger partial charge is 0.497 e. The van der Waals surface area contributed by atoms with Crippen LogP contribution in [-0.4, -0.2) is 56.0 Å². The average Bonchev–Trinajstić information content (AvgIpc) is 2.38. The van der Waals surface area contributed by atoms with E-state index in [0.29, 0.717) is 5.56 Å². The molecule has 0 bridgehead atoms. The highest BCUT2D eigenvalue weighted by Crippen LogP contribution is 2.20. The first kappa shape index (κ1) is 13.6. The van der Waals surface area contributed by atoms with E-state index in [4.69, 9.17) is 4.74 Å². The minimum absolute atomic E-state index is 0.0971. The number of carbonyl (C=O) groups is 1. The quantitative estimate of drug-likeness (QED) is 0.753. The monoisotopic (exact) mass is 360 g/mol. The Morgan fingerprint density at radius 2 is 1.89 bits per heavy atom. The van der Waals surface area contributed by atoms with Crippen molar-refractivity contribution in [3.8, 4) is 5.75 Å². The molecule has 0 spiro atoms. The Hall–Kier alpha value is -0.820. The second-order valence-electron chi connectivity index (χ2n) is 4.48. The van der Waals surface area contributed by atoms with Crippen molar-refractivity contribution >= 4 is 28.5 Å². The zero-order valence-corrected chi connectivity index (χ0v) is 12.8. The molecule has 0 aliphatic carbocycles. The van der Waals surface area contributed by atoms with Crippen LogP contribution in [0.2, 0.25) is 0 Å². The number of benzene rings is 1. The van der Waals surface area contributed by atoms with Gasteiger partial charge < -0.3 is 14.5 Å². The lowest BCUT2D eigenvalue weighted by Crippen LogP contribution is -2.47. The molecule has 1 saturated heterocycles. The number of hydrogen-bond acceptors (Lipinski definition) is 3. The molecule has 0 unspecified atom stereocenters. The van der Waals surface area contributed by atoms with Crippen LogP contribution in [0, 0.1) is 3.57 Å². The van der Waals surface area contributed by atoms with Crippen molar-refractivity contribution in [1.82, 2.24) is 9.80 Å². The van der Waals surface area contributed by atoms with Crippen LogP contribution in [0.25, 0.3) is 0 Å². The van der Waals surface area contributed by atoms with E-state index >= 15 is 0 Å². The molecule has 4 nitrogen and oxygen atoms in total. The molecule has 5 heteroatoms. The Labute approximate surface area is 121 Å². The normalized spacial score (nSPS) is 16.7. The first-order chi connectivity index (χ1) is 8.60. The summed E-state index contributed by atoms with van der Waals surface area (Å²) in [5, 5.41) is 0. The Kier molecular flexibility index (Phi) is 4.45.